The van der Waals surface area contributed by atoms with Crippen molar-refractivity contribution in [2.75, 3.05) is 5.32 Å². The first-order chi connectivity index (χ1) is 9.74. The van der Waals surface area contributed by atoms with Crippen LogP contribution in [0.5, 0.6) is 0 Å². The second-order valence-corrected chi connectivity index (χ2v) is 5.19. The third kappa shape index (κ3) is 2.46. The highest BCUT2D eigenvalue weighted by Gasteiger charge is 2.05. The van der Waals surface area contributed by atoms with Gasteiger partial charge in [0, 0.05) is 24.9 Å². The van der Waals surface area contributed by atoms with Crippen LogP contribution in [0.2, 0.25) is 0 Å². The van der Waals surface area contributed by atoms with E-state index in [4.69, 9.17) is 0 Å². The summed E-state index contributed by atoms with van der Waals surface area (Å²) in [6, 6.07) is 10.5. The lowest BCUT2D eigenvalue weighted by Crippen LogP contribution is -1.99. The molecule has 0 spiro atoms. The van der Waals surface area contributed by atoms with Gasteiger partial charge in [0.05, 0.1) is 20.8 Å². The van der Waals surface area contributed by atoms with Crippen molar-refractivity contribution >= 4 is 32.9 Å². The fraction of sp³-hybridized carbons (Fsp3) is 0.0714. The number of fused-ring (bicyclic) bond motifs is 1. The Bertz CT molecular complexity index is 752. The van der Waals surface area contributed by atoms with Crippen LogP contribution in [0, 0.1) is 10.1 Å². The van der Waals surface area contributed by atoms with Crippen molar-refractivity contribution in [3.63, 3.8) is 0 Å². The van der Waals surface area contributed by atoms with E-state index in [1.54, 1.807) is 29.7 Å². The largest absolute Gasteiger partial charge is 0.380 e. The van der Waals surface area contributed by atoms with E-state index in [2.05, 4.69) is 10.3 Å². The van der Waals surface area contributed by atoms with E-state index in [0.717, 1.165) is 21.5 Å². The van der Waals surface area contributed by atoms with E-state index in [0.29, 0.717) is 6.54 Å². The van der Waals surface area contributed by atoms with E-state index in [-0.39, 0.29) is 5.69 Å². The number of hydrogen-bond acceptors (Lipinski definition) is 5. The molecule has 100 valence electrons. The predicted octanol–water partition coefficient (Wildman–Crippen LogP) is 3.82. The summed E-state index contributed by atoms with van der Waals surface area (Å²) in [6.45, 7) is 0.620. The van der Waals surface area contributed by atoms with Gasteiger partial charge in [0.25, 0.3) is 5.69 Å². The monoisotopic (exact) mass is 285 g/mol. The van der Waals surface area contributed by atoms with E-state index in [9.17, 15) is 10.1 Å². The number of rotatable bonds is 4. The number of nitro groups is 1. The van der Waals surface area contributed by atoms with Crippen molar-refractivity contribution in [2.45, 2.75) is 6.54 Å². The number of hydrogen-bond donors (Lipinski definition) is 1. The molecule has 0 saturated carbocycles. The molecule has 2 heterocycles. The van der Waals surface area contributed by atoms with Crippen LogP contribution in [0.4, 0.5) is 11.4 Å². The first-order valence-corrected chi connectivity index (χ1v) is 6.91. The average molecular weight is 285 g/mol. The first kappa shape index (κ1) is 12.6. The maximum atomic E-state index is 10.6. The van der Waals surface area contributed by atoms with Crippen molar-refractivity contribution in [2.24, 2.45) is 0 Å². The van der Waals surface area contributed by atoms with Crippen molar-refractivity contribution in [3.8, 4) is 0 Å². The SMILES string of the molecule is O=[N+]([O-])c1ccc(CNc2ccnc3ccsc23)cc1. The Morgan fingerprint density at radius 2 is 2.00 bits per heavy atom. The zero-order valence-corrected chi connectivity index (χ0v) is 11.3. The standard InChI is InChI=1S/C14H11N3O2S/c18-17(19)11-3-1-10(2-4-11)9-16-12-5-7-15-13-6-8-20-14(12)13/h1-8H,9H2,(H,15,16). The number of benzene rings is 1. The van der Waals surface area contributed by atoms with E-state index in [1.807, 2.05) is 17.5 Å². The molecule has 0 aliphatic carbocycles. The second-order valence-electron chi connectivity index (χ2n) is 4.27. The van der Waals surface area contributed by atoms with Gasteiger partial charge in [-0.1, -0.05) is 12.1 Å². The molecule has 0 amide bonds. The number of pyridine rings is 1. The molecule has 0 bridgehead atoms. The highest BCUT2D eigenvalue weighted by atomic mass is 32.1. The summed E-state index contributed by atoms with van der Waals surface area (Å²) in [5, 5.41) is 15.9. The molecule has 0 unspecified atom stereocenters. The summed E-state index contributed by atoms with van der Waals surface area (Å²) >= 11 is 1.64. The Morgan fingerprint density at radius 3 is 2.75 bits per heavy atom. The van der Waals surface area contributed by atoms with Crippen LogP contribution in [0.3, 0.4) is 0 Å². The molecule has 3 rings (SSSR count). The highest BCUT2D eigenvalue weighted by Crippen LogP contribution is 2.27. The molecule has 0 aliphatic rings. The van der Waals surface area contributed by atoms with Gasteiger partial charge >= 0.3 is 0 Å². The Balaban J connectivity index is 1.76. The first-order valence-electron chi connectivity index (χ1n) is 6.03. The normalized spacial score (nSPS) is 10.6. The Kier molecular flexibility index (Phi) is 3.30. The summed E-state index contributed by atoms with van der Waals surface area (Å²) in [4.78, 5) is 14.5. The molecule has 20 heavy (non-hydrogen) atoms. The fourth-order valence-corrected chi connectivity index (χ4v) is 2.79. The molecular formula is C14H11N3O2S. The number of anilines is 1. The molecule has 0 fully saturated rings. The maximum absolute atomic E-state index is 10.6. The third-order valence-corrected chi connectivity index (χ3v) is 3.91. The summed E-state index contributed by atoms with van der Waals surface area (Å²) in [5.74, 6) is 0. The van der Waals surface area contributed by atoms with Gasteiger partial charge in [0.2, 0.25) is 0 Å². The lowest BCUT2D eigenvalue weighted by atomic mass is 10.2. The molecule has 1 N–H and O–H groups in total. The number of aromatic nitrogens is 1. The minimum atomic E-state index is -0.394. The molecule has 0 saturated heterocycles. The van der Waals surface area contributed by atoms with E-state index in [1.165, 1.54) is 12.1 Å². The van der Waals surface area contributed by atoms with Gasteiger partial charge in [-0.3, -0.25) is 15.1 Å². The summed E-state index contributed by atoms with van der Waals surface area (Å²) in [7, 11) is 0. The van der Waals surface area contributed by atoms with Crippen molar-refractivity contribution < 1.29 is 4.92 Å². The zero-order valence-electron chi connectivity index (χ0n) is 10.4. The number of nitrogens with zero attached hydrogens (tertiary/aromatic N) is 2. The molecule has 1 aromatic carbocycles. The number of non-ortho nitro benzene ring substituents is 1. The van der Waals surface area contributed by atoms with Crippen LogP contribution >= 0.6 is 11.3 Å². The maximum Gasteiger partial charge on any atom is 0.269 e. The molecule has 0 radical (unpaired) electrons. The Morgan fingerprint density at radius 1 is 1.20 bits per heavy atom. The summed E-state index contributed by atoms with van der Waals surface area (Å²) < 4.78 is 1.12. The predicted molar refractivity (Wildman–Crippen MR) is 80.0 cm³/mol. The van der Waals surface area contributed by atoms with E-state index < -0.39 is 4.92 Å². The van der Waals surface area contributed by atoms with Crippen LogP contribution in [0.15, 0.2) is 48.0 Å². The molecule has 0 aliphatic heterocycles. The van der Waals surface area contributed by atoms with Gasteiger partial charge < -0.3 is 5.32 Å². The van der Waals surface area contributed by atoms with Crippen LogP contribution in [0.1, 0.15) is 5.56 Å². The molecular weight excluding hydrogens is 274 g/mol. The van der Waals surface area contributed by atoms with Gasteiger partial charge in [-0.25, -0.2) is 0 Å². The lowest BCUT2D eigenvalue weighted by Gasteiger charge is -2.07. The average Bonchev–Trinajstić information content (AvgIpc) is 2.94. The number of nitrogens with one attached hydrogen (secondary N) is 1. The number of nitro benzene ring substituents is 1. The lowest BCUT2D eigenvalue weighted by molar-refractivity contribution is -0.384. The van der Waals surface area contributed by atoms with Crippen LogP contribution in [-0.2, 0) is 6.54 Å². The topological polar surface area (TPSA) is 68.1 Å². The molecule has 0 atom stereocenters. The molecule has 3 aromatic rings. The quantitative estimate of drug-likeness (QED) is 0.584. The van der Waals surface area contributed by atoms with Gasteiger partial charge in [0.15, 0.2) is 0 Å². The molecule has 5 nitrogen and oxygen atoms in total. The minimum Gasteiger partial charge on any atom is -0.380 e. The molecule has 2 aromatic heterocycles. The summed E-state index contributed by atoms with van der Waals surface area (Å²) in [6.07, 6.45) is 1.77. The van der Waals surface area contributed by atoms with Crippen molar-refractivity contribution in [3.05, 3.63) is 63.7 Å². The fourth-order valence-electron chi connectivity index (χ4n) is 1.95. The summed E-state index contributed by atoms with van der Waals surface area (Å²) in [5.41, 5.74) is 3.11. The van der Waals surface area contributed by atoms with Crippen molar-refractivity contribution in [1.82, 2.24) is 4.98 Å². The third-order valence-electron chi connectivity index (χ3n) is 2.97. The zero-order chi connectivity index (χ0) is 13.9. The smallest absolute Gasteiger partial charge is 0.269 e. The van der Waals surface area contributed by atoms with E-state index >= 15 is 0 Å². The van der Waals surface area contributed by atoms with Crippen LogP contribution in [-0.4, -0.2) is 9.91 Å². The molecule has 6 heteroatoms. The second kappa shape index (κ2) is 5.26. The minimum absolute atomic E-state index is 0.110. The van der Waals surface area contributed by atoms with Crippen molar-refractivity contribution in [1.29, 1.82) is 0 Å². The van der Waals surface area contributed by atoms with Crippen LogP contribution in [0.25, 0.3) is 10.2 Å². The number of thiophene rings is 1. The van der Waals surface area contributed by atoms with Gasteiger partial charge in [0.1, 0.15) is 0 Å². The van der Waals surface area contributed by atoms with Crippen LogP contribution < -0.4 is 5.32 Å². The van der Waals surface area contributed by atoms with Gasteiger partial charge in [-0.05, 0) is 23.1 Å². The Hall–Kier alpha value is -2.47. The Labute approximate surface area is 119 Å². The highest BCUT2D eigenvalue weighted by molar-refractivity contribution is 7.17. The van der Waals surface area contributed by atoms with Gasteiger partial charge in [-0.2, -0.15) is 0 Å². The van der Waals surface area contributed by atoms with Gasteiger partial charge in [-0.15, -0.1) is 11.3 Å².